The first kappa shape index (κ1) is 16.5. The minimum Gasteiger partial charge on any atom is -0.379 e. The van der Waals surface area contributed by atoms with E-state index >= 15 is 0 Å². The maximum Gasteiger partial charge on any atom is 0.270 e. The van der Waals surface area contributed by atoms with E-state index < -0.39 is 0 Å². The molecule has 0 unspecified atom stereocenters. The first-order valence-corrected chi connectivity index (χ1v) is 7.76. The molecular formula is C16H15N5OS. The van der Waals surface area contributed by atoms with Crippen LogP contribution in [0.4, 0.5) is 0 Å². The van der Waals surface area contributed by atoms with E-state index in [0.717, 1.165) is 22.9 Å². The lowest BCUT2D eigenvalue weighted by Crippen LogP contribution is -2.25. The van der Waals surface area contributed by atoms with Crippen LogP contribution in [0.15, 0.2) is 42.6 Å². The molecule has 0 aliphatic rings. The quantitative estimate of drug-likeness (QED) is 0.574. The van der Waals surface area contributed by atoms with Gasteiger partial charge in [-0.1, -0.05) is 30.0 Å². The van der Waals surface area contributed by atoms with E-state index in [1.54, 1.807) is 42.6 Å². The van der Waals surface area contributed by atoms with E-state index in [-0.39, 0.29) is 11.1 Å². The number of benzene rings is 1. The van der Waals surface area contributed by atoms with Crippen LogP contribution >= 0.6 is 11.8 Å². The average Bonchev–Trinajstić information content (AvgIpc) is 2.58. The van der Waals surface area contributed by atoms with Crippen molar-refractivity contribution in [1.82, 2.24) is 10.3 Å². The number of hydrogen-bond acceptors (Lipinski definition) is 5. The summed E-state index contributed by atoms with van der Waals surface area (Å²) < 4.78 is 0. The third kappa shape index (κ3) is 4.83. The standard InChI is InChI=1S/C16H15N5OS/c17-8-11-3-5-12(6-4-11)9-21-15(22)14-13(2-1-7-20-14)10-23-16(18)19/h1-7H,9-10H2,(H3,18,19)(H,21,22). The van der Waals surface area contributed by atoms with Crippen molar-refractivity contribution in [1.29, 1.82) is 10.7 Å². The van der Waals surface area contributed by atoms with Gasteiger partial charge in [0.1, 0.15) is 5.69 Å². The highest BCUT2D eigenvalue weighted by molar-refractivity contribution is 8.13. The fourth-order valence-corrected chi connectivity index (χ4v) is 2.42. The summed E-state index contributed by atoms with van der Waals surface area (Å²) in [6.45, 7) is 0.348. The predicted molar refractivity (Wildman–Crippen MR) is 89.8 cm³/mol. The number of rotatable bonds is 5. The van der Waals surface area contributed by atoms with Crippen molar-refractivity contribution in [3.05, 3.63) is 65.0 Å². The average molecular weight is 325 g/mol. The largest absolute Gasteiger partial charge is 0.379 e. The molecule has 116 valence electrons. The molecule has 4 N–H and O–H groups in total. The van der Waals surface area contributed by atoms with E-state index in [9.17, 15) is 4.79 Å². The number of aromatic nitrogens is 1. The van der Waals surface area contributed by atoms with Crippen LogP contribution in [-0.4, -0.2) is 16.1 Å². The monoisotopic (exact) mass is 325 g/mol. The van der Waals surface area contributed by atoms with Crippen LogP contribution in [0.2, 0.25) is 0 Å². The molecule has 0 radical (unpaired) electrons. The minimum atomic E-state index is -0.283. The van der Waals surface area contributed by atoms with Gasteiger partial charge in [-0.05, 0) is 29.3 Å². The summed E-state index contributed by atoms with van der Waals surface area (Å²) in [5, 5.41) is 18.8. The number of amidine groups is 1. The highest BCUT2D eigenvalue weighted by Crippen LogP contribution is 2.14. The third-order valence-corrected chi connectivity index (χ3v) is 3.79. The van der Waals surface area contributed by atoms with Gasteiger partial charge in [-0.3, -0.25) is 15.2 Å². The number of amides is 1. The number of thioether (sulfide) groups is 1. The van der Waals surface area contributed by atoms with Gasteiger partial charge in [0, 0.05) is 18.5 Å². The van der Waals surface area contributed by atoms with Crippen LogP contribution in [0.5, 0.6) is 0 Å². The molecule has 0 aliphatic heterocycles. The van der Waals surface area contributed by atoms with E-state index in [4.69, 9.17) is 16.4 Å². The van der Waals surface area contributed by atoms with E-state index in [0.29, 0.717) is 23.6 Å². The van der Waals surface area contributed by atoms with Crippen LogP contribution < -0.4 is 11.1 Å². The molecule has 0 aliphatic carbocycles. The molecule has 0 saturated carbocycles. The minimum absolute atomic E-state index is 0.00204. The van der Waals surface area contributed by atoms with Gasteiger partial charge in [-0.25, -0.2) is 0 Å². The van der Waals surface area contributed by atoms with Crippen molar-refractivity contribution in [3.8, 4) is 6.07 Å². The molecule has 0 atom stereocenters. The Morgan fingerprint density at radius 1 is 1.35 bits per heavy atom. The lowest BCUT2D eigenvalue weighted by molar-refractivity contribution is 0.0945. The molecule has 0 bridgehead atoms. The number of nitrogens with two attached hydrogens (primary N) is 1. The summed E-state index contributed by atoms with van der Waals surface area (Å²) in [5.74, 6) is 0.136. The molecule has 1 aromatic heterocycles. The van der Waals surface area contributed by atoms with Gasteiger partial charge in [-0.15, -0.1) is 0 Å². The number of nitrogens with one attached hydrogen (secondary N) is 2. The topological polar surface area (TPSA) is 116 Å². The number of pyridine rings is 1. The second kappa shape index (κ2) is 7.96. The zero-order valence-electron chi connectivity index (χ0n) is 12.2. The van der Waals surface area contributed by atoms with Crippen molar-refractivity contribution in [3.63, 3.8) is 0 Å². The molecule has 23 heavy (non-hydrogen) atoms. The molecule has 0 fully saturated rings. The van der Waals surface area contributed by atoms with Crippen molar-refractivity contribution in [2.45, 2.75) is 12.3 Å². The molecule has 2 rings (SSSR count). The summed E-state index contributed by atoms with van der Waals surface area (Å²) in [6.07, 6.45) is 1.55. The maximum atomic E-state index is 12.3. The smallest absolute Gasteiger partial charge is 0.270 e. The van der Waals surface area contributed by atoms with Crippen LogP contribution in [0, 0.1) is 16.7 Å². The Bertz CT molecular complexity index is 752. The predicted octanol–water partition coefficient (Wildman–Crippen LogP) is 2.01. The lowest BCUT2D eigenvalue weighted by Gasteiger charge is -2.09. The highest BCUT2D eigenvalue weighted by Gasteiger charge is 2.12. The summed E-state index contributed by atoms with van der Waals surface area (Å²) in [4.78, 5) is 16.4. The zero-order chi connectivity index (χ0) is 16.7. The second-order valence-electron chi connectivity index (χ2n) is 4.66. The van der Waals surface area contributed by atoms with Gasteiger partial charge in [-0.2, -0.15) is 5.26 Å². The van der Waals surface area contributed by atoms with Gasteiger partial charge in [0.05, 0.1) is 11.6 Å². The third-order valence-electron chi connectivity index (χ3n) is 3.03. The Morgan fingerprint density at radius 3 is 2.74 bits per heavy atom. The van der Waals surface area contributed by atoms with Gasteiger partial charge >= 0.3 is 0 Å². The van der Waals surface area contributed by atoms with E-state index in [1.807, 2.05) is 6.07 Å². The Morgan fingerprint density at radius 2 is 2.09 bits per heavy atom. The summed E-state index contributed by atoms with van der Waals surface area (Å²) in [6, 6.07) is 12.6. The van der Waals surface area contributed by atoms with Crippen molar-refractivity contribution >= 4 is 22.8 Å². The van der Waals surface area contributed by atoms with Crippen molar-refractivity contribution in [2.24, 2.45) is 5.73 Å². The Kier molecular flexibility index (Phi) is 5.72. The molecule has 1 aromatic carbocycles. The number of nitriles is 1. The van der Waals surface area contributed by atoms with Crippen LogP contribution in [0.25, 0.3) is 0 Å². The van der Waals surface area contributed by atoms with E-state index in [1.165, 1.54) is 0 Å². The molecule has 1 amide bonds. The lowest BCUT2D eigenvalue weighted by atomic mass is 10.1. The summed E-state index contributed by atoms with van der Waals surface area (Å²) >= 11 is 1.14. The van der Waals surface area contributed by atoms with E-state index in [2.05, 4.69) is 10.3 Å². The Hall–Kier alpha value is -2.85. The number of nitrogens with zero attached hydrogens (tertiary/aromatic N) is 2. The fraction of sp³-hybridized carbons (Fsp3) is 0.125. The summed E-state index contributed by atoms with van der Waals surface area (Å²) in [7, 11) is 0. The number of hydrogen-bond donors (Lipinski definition) is 3. The van der Waals surface area contributed by atoms with Crippen LogP contribution in [0.1, 0.15) is 27.2 Å². The van der Waals surface area contributed by atoms with Gasteiger partial charge in [0.25, 0.3) is 5.91 Å². The maximum absolute atomic E-state index is 12.3. The van der Waals surface area contributed by atoms with Gasteiger partial charge < -0.3 is 11.1 Å². The first-order chi connectivity index (χ1) is 11.1. The van der Waals surface area contributed by atoms with Crippen molar-refractivity contribution < 1.29 is 4.79 Å². The molecule has 7 heteroatoms. The number of carbonyl (C=O) groups is 1. The van der Waals surface area contributed by atoms with Crippen molar-refractivity contribution in [2.75, 3.05) is 0 Å². The van der Waals surface area contributed by atoms with Crippen LogP contribution in [0.3, 0.4) is 0 Å². The molecule has 1 heterocycles. The van der Waals surface area contributed by atoms with Crippen LogP contribution in [-0.2, 0) is 12.3 Å². The summed E-state index contributed by atoms with van der Waals surface area (Å²) in [5.41, 5.74) is 7.86. The zero-order valence-corrected chi connectivity index (χ0v) is 13.1. The fourth-order valence-electron chi connectivity index (χ4n) is 1.88. The number of carbonyl (C=O) groups excluding carboxylic acids is 1. The molecule has 0 saturated heterocycles. The second-order valence-corrected chi connectivity index (χ2v) is 5.67. The molecule has 6 nitrogen and oxygen atoms in total. The van der Waals surface area contributed by atoms with Gasteiger partial charge in [0.15, 0.2) is 5.17 Å². The normalized spacial score (nSPS) is 9.87. The first-order valence-electron chi connectivity index (χ1n) is 6.78. The molecule has 2 aromatic rings. The Labute approximate surface area is 138 Å². The highest BCUT2D eigenvalue weighted by atomic mass is 32.2. The van der Waals surface area contributed by atoms with Gasteiger partial charge in [0.2, 0.25) is 0 Å². The molecule has 0 spiro atoms. The molecular weight excluding hydrogens is 310 g/mol. The Balaban J connectivity index is 2.02. The SMILES string of the molecule is N#Cc1ccc(CNC(=O)c2ncccc2CSC(=N)N)cc1.